The third-order valence-electron chi connectivity index (χ3n) is 1.65. The fourth-order valence-electron chi connectivity index (χ4n) is 0.936. The van der Waals surface area contributed by atoms with E-state index in [9.17, 15) is 9.00 Å². The standard InChI is InChI=1S/C9H10N2O3S/c1-7(8-5-3-2-4-6-8)9(12)10-11-15(13)14/h2-6,11H,1H2,(H,10,12)(H,13,14). The molecule has 0 aliphatic carbocycles. The van der Waals surface area contributed by atoms with Crippen molar-refractivity contribution in [3.05, 3.63) is 42.5 Å². The lowest BCUT2D eigenvalue weighted by Gasteiger charge is -2.06. The molecular formula is C9H10N2O3S. The van der Waals surface area contributed by atoms with E-state index in [1.165, 1.54) is 0 Å². The Balaban J connectivity index is 2.62. The molecule has 0 saturated carbocycles. The van der Waals surface area contributed by atoms with Crippen molar-refractivity contribution in [1.82, 2.24) is 10.3 Å². The third kappa shape index (κ3) is 3.62. The van der Waals surface area contributed by atoms with Gasteiger partial charge in [-0.05, 0) is 5.56 Å². The quantitative estimate of drug-likeness (QED) is 0.396. The molecule has 0 saturated heterocycles. The first-order valence-electron chi connectivity index (χ1n) is 4.02. The zero-order valence-electron chi connectivity index (χ0n) is 7.77. The van der Waals surface area contributed by atoms with Gasteiger partial charge >= 0.3 is 0 Å². The van der Waals surface area contributed by atoms with Crippen molar-refractivity contribution in [3.8, 4) is 0 Å². The number of hydrogen-bond donors (Lipinski definition) is 3. The van der Waals surface area contributed by atoms with Crippen LogP contribution in [0.2, 0.25) is 0 Å². The molecule has 1 atom stereocenters. The minimum absolute atomic E-state index is 0.216. The molecule has 0 fully saturated rings. The summed E-state index contributed by atoms with van der Waals surface area (Å²) in [5.41, 5.74) is 2.91. The molecule has 0 aromatic heterocycles. The Morgan fingerprint density at radius 2 is 1.93 bits per heavy atom. The van der Waals surface area contributed by atoms with Gasteiger partial charge in [-0.2, -0.15) is 0 Å². The maximum absolute atomic E-state index is 11.3. The van der Waals surface area contributed by atoms with Crippen LogP contribution < -0.4 is 10.3 Å². The van der Waals surface area contributed by atoms with Crippen molar-refractivity contribution >= 4 is 22.7 Å². The number of rotatable bonds is 4. The Hall–Kier alpha value is -1.50. The number of hydrogen-bond acceptors (Lipinski definition) is 2. The number of hydrazine groups is 1. The zero-order valence-corrected chi connectivity index (χ0v) is 8.58. The average molecular weight is 226 g/mol. The summed E-state index contributed by atoms with van der Waals surface area (Å²) < 4.78 is 18.6. The van der Waals surface area contributed by atoms with Crippen LogP contribution in [-0.4, -0.2) is 14.7 Å². The molecule has 1 rings (SSSR count). The lowest BCUT2D eigenvalue weighted by Crippen LogP contribution is -2.38. The predicted molar refractivity (Wildman–Crippen MR) is 57.5 cm³/mol. The van der Waals surface area contributed by atoms with Crippen molar-refractivity contribution in [3.63, 3.8) is 0 Å². The normalized spacial score (nSPS) is 11.8. The first kappa shape index (κ1) is 11.6. The molecule has 15 heavy (non-hydrogen) atoms. The molecule has 6 heteroatoms. The van der Waals surface area contributed by atoms with E-state index in [4.69, 9.17) is 4.55 Å². The second kappa shape index (κ2) is 5.40. The van der Waals surface area contributed by atoms with Gasteiger partial charge in [-0.3, -0.25) is 14.8 Å². The highest BCUT2D eigenvalue weighted by Crippen LogP contribution is 2.10. The second-order valence-electron chi connectivity index (χ2n) is 2.65. The van der Waals surface area contributed by atoms with Crippen LogP contribution in [0, 0.1) is 0 Å². The van der Waals surface area contributed by atoms with Crippen LogP contribution in [0.3, 0.4) is 0 Å². The molecule has 0 aliphatic rings. The molecule has 0 bridgehead atoms. The van der Waals surface area contributed by atoms with Crippen LogP contribution >= 0.6 is 0 Å². The number of amides is 1. The van der Waals surface area contributed by atoms with Crippen LogP contribution in [-0.2, 0) is 16.1 Å². The van der Waals surface area contributed by atoms with Crippen molar-refractivity contribution in [1.29, 1.82) is 0 Å². The smallest absolute Gasteiger partial charge is 0.266 e. The lowest BCUT2D eigenvalue weighted by atomic mass is 10.1. The molecule has 80 valence electrons. The molecule has 0 heterocycles. The van der Waals surface area contributed by atoms with Gasteiger partial charge in [0.05, 0.1) is 0 Å². The van der Waals surface area contributed by atoms with Crippen LogP contribution in [0.25, 0.3) is 5.57 Å². The molecule has 1 aromatic carbocycles. The summed E-state index contributed by atoms with van der Waals surface area (Å²) in [6.07, 6.45) is 0. The first-order valence-corrected chi connectivity index (χ1v) is 5.13. The highest BCUT2D eigenvalue weighted by molar-refractivity contribution is 7.77. The molecule has 1 amide bonds. The molecule has 1 unspecified atom stereocenters. The zero-order chi connectivity index (χ0) is 11.3. The van der Waals surface area contributed by atoms with Gasteiger partial charge in [0.15, 0.2) is 0 Å². The summed E-state index contributed by atoms with van der Waals surface area (Å²) in [4.78, 5) is 13.2. The van der Waals surface area contributed by atoms with Crippen molar-refractivity contribution < 1.29 is 13.6 Å². The largest absolute Gasteiger partial charge is 0.293 e. The lowest BCUT2D eigenvalue weighted by molar-refractivity contribution is -0.116. The van der Waals surface area contributed by atoms with E-state index in [0.717, 1.165) is 0 Å². The fraction of sp³-hybridized carbons (Fsp3) is 0. The van der Waals surface area contributed by atoms with E-state index < -0.39 is 17.2 Å². The monoisotopic (exact) mass is 226 g/mol. The van der Waals surface area contributed by atoms with Gasteiger partial charge in [-0.1, -0.05) is 36.9 Å². The molecule has 0 spiro atoms. The molecule has 3 N–H and O–H groups in total. The maximum Gasteiger partial charge on any atom is 0.266 e. The summed E-state index contributed by atoms with van der Waals surface area (Å²) in [5.74, 6) is -0.552. The van der Waals surface area contributed by atoms with Gasteiger partial charge in [0.2, 0.25) is 0 Å². The van der Waals surface area contributed by atoms with E-state index in [1.54, 1.807) is 24.3 Å². The number of carbonyl (C=O) groups excluding carboxylic acids is 1. The molecule has 1 aromatic rings. The van der Waals surface area contributed by atoms with Crippen molar-refractivity contribution in [2.45, 2.75) is 0 Å². The average Bonchev–Trinajstić information content (AvgIpc) is 2.26. The van der Waals surface area contributed by atoms with Crippen molar-refractivity contribution in [2.24, 2.45) is 0 Å². The fourth-order valence-corrected chi connectivity index (χ4v) is 1.12. The summed E-state index contributed by atoms with van der Waals surface area (Å²) in [7, 11) is 0. The van der Waals surface area contributed by atoms with Gasteiger partial charge in [-0.15, -0.1) is 4.83 Å². The number of benzene rings is 1. The third-order valence-corrected chi connectivity index (χ3v) is 1.92. The van der Waals surface area contributed by atoms with Gasteiger partial charge in [0.1, 0.15) is 0 Å². The molecular weight excluding hydrogens is 216 g/mol. The van der Waals surface area contributed by atoms with Gasteiger partial charge in [-0.25, -0.2) is 4.21 Å². The Morgan fingerprint density at radius 3 is 2.47 bits per heavy atom. The number of nitrogens with one attached hydrogen (secondary N) is 2. The van der Waals surface area contributed by atoms with E-state index in [-0.39, 0.29) is 5.57 Å². The van der Waals surface area contributed by atoms with Crippen molar-refractivity contribution in [2.75, 3.05) is 0 Å². The SMILES string of the molecule is C=C(C(=O)NNS(=O)O)c1ccccc1. The summed E-state index contributed by atoms with van der Waals surface area (Å²) in [5, 5.41) is 0. The summed E-state index contributed by atoms with van der Waals surface area (Å²) >= 11 is -2.28. The van der Waals surface area contributed by atoms with Crippen LogP contribution in [0.4, 0.5) is 0 Å². The minimum Gasteiger partial charge on any atom is -0.293 e. The highest BCUT2D eigenvalue weighted by Gasteiger charge is 2.08. The Kier molecular flexibility index (Phi) is 4.17. The number of carbonyl (C=O) groups is 1. The Morgan fingerprint density at radius 1 is 1.33 bits per heavy atom. The van der Waals surface area contributed by atoms with E-state index in [2.05, 4.69) is 6.58 Å². The Labute approximate surface area is 89.6 Å². The van der Waals surface area contributed by atoms with Crippen LogP contribution in [0.15, 0.2) is 36.9 Å². The van der Waals surface area contributed by atoms with E-state index in [0.29, 0.717) is 5.56 Å². The van der Waals surface area contributed by atoms with Crippen LogP contribution in [0.1, 0.15) is 5.56 Å². The minimum atomic E-state index is -2.28. The van der Waals surface area contributed by atoms with Crippen LogP contribution in [0.5, 0.6) is 0 Å². The predicted octanol–water partition coefficient (Wildman–Crippen LogP) is 0.457. The molecule has 0 aliphatic heterocycles. The van der Waals surface area contributed by atoms with Gasteiger partial charge in [0.25, 0.3) is 17.2 Å². The maximum atomic E-state index is 11.3. The van der Waals surface area contributed by atoms with Gasteiger partial charge in [0, 0.05) is 5.57 Å². The topological polar surface area (TPSA) is 78.4 Å². The van der Waals surface area contributed by atoms with Gasteiger partial charge < -0.3 is 0 Å². The summed E-state index contributed by atoms with van der Waals surface area (Å²) in [6.45, 7) is 3.57. The van der Waals surface area contributed by atoms with E-state index >= 15 is 0 Å². The molecule has 0 radical (unpaired) electrons. The summed E-state index contributed by atoms with van der Waals surface area (Å²) in [6, 6.07) is 8.79. The van der Waals surface area contributed by atoms with E-state index in [1.807, 2.05) is 16.3 Å². The Bertz CT molecular complexity index is 392. The molecule has 5 nitrogen and oxygen atoms in total. The second-order valence-corrected chi connectivity index (χ2v) is 3.35. The first-order chi connectivity index (χ1) is 7.11. The highest BCUT2D eigenvalue weighted by atomic mass is 32.2.